The summed E-state index contributed by atoms with van der Waals surface area (Å²) in [5.74, 6) is -0.462. The van der Waals surface area contributed by atoms with Crippen LogP contribution < -0.4 is 5.56 Å². The number of H-pyrrole nitrogens is 1. The zero-order valence-corrected chi connectivity index (χ0v) is 14.2. The predicted molar refractivity (Wildman–Crippen MR) is 94.6 cm³/mol. The van der Waals surface area contributed by atoms with Crippen LogP contribution in [0.25, 0.3) is 22.2 Å². The lowest BCUT2D eigenvalue weighted by Gasteiger charge is -2.16. The van der Waals surface area contributed by atoms with Crippen molar-refractivity contribution in [3.8, 4) is 11.1 Å². The molecule has 0 bridgehead atoms. The van der Waals surface area contributed by atoms with Gasteiger partial charge in [0, 0.05) is 36.3 Å². The van der Waals surface area contributed by atoms with E-state index in [1.807, 2.05) is 0 Å². The van der Waals surface area contributed by atoms with Gasteiger partial charge >= 0.3 is 0 Å². The van der Waals surface area contributed by atoms with E-state index in [9.17, 15) is 17.9 Å². The molecule has 0 aliphatic rings. The lowest BCUT2D eigenvalue weighted by Crippen LogP contribution is -2.25. The molecule has 130 valence electrons. The van der Waals surface area contributed by atoms with Gasteiger partial charge in [-0.1, -0.05) is 19.1 Å². The minimum Gasteiger partial charge on any atom is -0.307 e. The molecule has 3 aromatic rings. The first kappa shape index (κ1) is 17.4. The Morgan fingerprint density at radius 3 is 2.76 bits per heavy atom. The van der Waals surface area contributed by atoms with Crippen LogP contribution in [0.3, 0.4) is 0 Å². The van der Waals surface area contributed by atoms with Crippen molar-refractivity contribution in [1.82, 2.24) is 14.3 Å². The first-order valence-electron chi connectivity index (χ1n) is 7.62. The Balaban J connectivity index is 2.01. The summed E-state index contributed by atoms with van der Waals surface area (Å²) in [5.41, 5.74) is 1.89. The van der Waals surface area contributed by atoms with E-state index >= 15 is 0 Å². The van der Waals surface area contributed by atoms with Crippen LogP contribution in [0.1, 0.15) is 12.5 Å². The molecule has 0 aliphatic carbocycles. The molecule has 3 rings (SSSR count). The van der Waals surface area contributed by atoms with Crippen LogP contribution in [0.2, 0.25) is 0 Å². The van der Waals surface area contributed by atoms with Crippen molar-refractivity contribution in [3.05, 3.63) is 64.3 Å². The normalized spacial score (nSPS) is 12.6. The number of hydrogen-bond donors (Lipinski definition) is 2. The molecule has 0 saturated carbocycles. The second-order valence-corrected chi connectivity index (χ2v) is 6.41. The summed E-state index contributed by atoms with van der Waals surface area (Å²) in [4.78, 5) is 18.2. The lowest BCUT2D eigenvalue weighted by molar-refractivity contribution is 0.400. The predicted octanol–water partition coefficient (Wildman–Crippen LogP) is 2.69. The van der Waals surface area contributed by atoms with Crippen LogP contribution >= 0.6 is 0 Å². The van der Waals surface area contributed by atoms with Crippen LogP contribution in [-0.2, 0) is 17.8 Å². The molecule has 8 heteroatoms. The van der Waals surface area contributed by atoms with Gasteiger partial charge < -0.3 is 4.98 Å². The van der Waals surface area contributed by atoms with E-state index in [0.29, 0.717) is 28.7 Å². The number of benzene rings is 1. The molecule has 2 N–H and O–H groups in total. The number of fused-ring (bicyclic) bond motifs is 1. The van der Waals surface area contributed by atoms with Crippen LogP contribution in [0, 0.1) is 5.82 Å². The van der Waals surface area contributed by atoms with Crippen molar-refractivity contribution >= 4 is 22.3 Å². The van der Waals surface area contributed by atoms with E-state index < -0.39 is 17.1 Å². The number of nitrogens with zero attached hydrogens (tertiary/aromatic N) is 2. The minimum atomic E-state index is -2.15. The summed E-state index contributed by atoms with van der Waals surface area (Å²) in [6, 6.07) is 9.51. The molecule has 6 nitrogen and oxygen atoms in total. The fourth-order valence-electron chi connectivity index (χ4n) is 2.62. The molecule has 2 heterocycles. The van der Waals surface area contributed by atoms with Crippen LogP contribution in [-0.4, -0.2) is 29.6 Å². The first-order valence-corrected chi connectivity index (χ1v) is 8.68. The third kappa shape index (κ3) is 3.65. The highest BCUT2D eigenvalue weighted by atomic mass is 32.2. The van der Waals surface area contributed by atoms with Crippen LogP contribution in [0.5, 0.6) is 0 Å². The first-order chi connectivity index (χ1) is 12.0. The van der Waals surface area contributed by atoms with E-state index in [1.54, 1.807) is 37.4 Å². The Hall–Kier alpha value is -2.42. The lowest BCUT2D eigenvalue weighted by atomic mass is 10.0. The molecule has 0 radical (unpaired) electrons. The highest BCUT2D eigenvalue weighted by Crippen LogP contribution is 2.27. The molecular formula is C17H16FN3O3S. The quantitative estimate of drug-likeness (QED) is 0.684. The van der Waals surface area contributed by atoms with Crippen molar-refractivity contribution in [3.63, 3.8) is 0 Å². The highest BCUT2D eigenvalue weighted by Gasteiger charge is 2.14. The van der Waals surface area contributed by atoms with E-state index in [-0.39, 0.29) is 12.1 Å². The Labute approximate surface area is 145 Å². The van der Waals surface area contributed by atoms with E-state index in [1.165, 1.54) is 16.4 Å². The van der Waals surface area contributed by atoms with E-state index in [0.717, 1.165) is 5.56 Å². The van der Waals surface area contributed by atoms with Gasteiger partial charge in [0.2, 0.25) is 16.8 Å². The summed E-state index contributed by atoms with van der Waals surface area (Å²) in [5, 5.41) is 0.709. The molecule has 0 aliphatic heterocycles. The van der Waals surface area contributed by atoms with Gasteiger partial charge in [-0.25, -0.2) is 13.6 Å². The summed E-state index contributed by atoms with van der Waals surface area (Å²) < 4.78 is 36.1. The minimum absolute atomic E-state index is 0.0378. The Morgan fingerprint density at radius 1 is 1.28 bits per heavy atom. The van der Waals surface area contributed by atoms with E-state index in [4.69, 9.17) is 0 Å². The van der Waals surface area contributed by atoms with Crippen molar-refractivity contribution in [2.45, 2.75) is 13.5 Å². The molecular weight excluding hydrogens is 345 g/mol. The summed E-state index contributed by atoms with van der Waals surface area (Å²) in [6.07, 6.45) is 1.55. The Kier molecular flexibility index (Phi) is 5.03. The standard InChI is InChI=1S/C17H16FN3O3S/c1-2-21(25(23)24)10-12-4-3-11(9-15(12)18)13-7-8-19-17-14(13)5-6-16(22)20-17/h3-9H,2,10H2,1H3,(H,23,24)(H,19,20,22). The number of aromatic amines is 1. The number of hydrogen-bond acceptors (Lipinski definition) is 3. The fourth-order valence-corrected chi connectivity index (χ4v) is 3.09. The SMILES string of the molecule is CCN(Cc1ccc(-c2ccnc3[nH]c(=O)ccc23)cc1F)S(=O)O. The number of nitrogens with one attached hydrogen (secondary N) is 1. The maximum atomic E-state index is 14.5. The summed E-state index contributed by atoms with van der Waals surface area (Å²) in [7, 11) is 0. The molecule has 0 saturated heterocycles. The fraction of sp³-hybridized carbons (Fsp3) is 0.176. The Bertz CT molecular complexity index is 1010. The molecule has 1 unspecified atom stereocenters. The number of halogens is 1. The monoisotopic (exact) mass is 361 g/mol. The second kappa shape index (κ2) is 7.22. The number of pyridine rings is 2. The third-order valence-electron chi connectivity index (χ3n) is 3.92. The summed E-state index contributed by atoms with van der Waals surface area (Å²) >= 11 is -2.15. The molecule has 1 atom stereocenters. The molecule has 25 heavy (non-hydrogen) atoms. The third-order valence-corrected chi connectivity index (χ3v) is 4.75. The van der Waals surface area contributed by atoms with Gasteiger partial charge in [-0.3, -0.25) is 9.35 Å². The van der Waals surface area contributed by atoms with Gasteiger partial charge in [0.1, 0.15) is 11.5 Å². The van der Waals surface area contributed by atoms with Crippen molar-refractivity contribution in [1.29, 1.82) is 0 Å². The van der Waals surface area contributed by atoms with Crippen molar-refractivity contribution in [2.24, 2.45) is 0 Å². The molecule has 0 amide bonds. The largest absolute Gasteiger partial charge is 0.307 e. The molecule has 1 aromatic carbocycles. The highest BCUT2D eigenvalue weighted by molar-refractivity contribution is 7.76. The van der Waals surface area contributed by atoms with Gasteiger partial charge in [0.05, 0.1) is 0 Å². The number of rotatable bonds is 5. The zero-order valence-electron chi connectivity index (χ0n) is 13.4. The van der Waals surface area contributed by atoms with Gasteiger partial charge in [-0.2, -0.15) is 4.31 Å². The molecule has 0 spiro atoms. The van der Waals surface area contributed by atoms with Gasteiger partial charge in [0.15, 0.2) is 0 Å². The smallest absolute Gasteiger partial charge is 0.249 e. The van der Waals surface area contributed by atoms with Crippen LogP contribution in [0.15, 0.2) is 47.4 Å². The Morgan fingerprint density at radius 2 is 2.08 bits per heavy atom. The zero-order chi connectivity index (χ0) is 18.0. The summed E-state index contributed by atoms with van der Waals surface area (Å²) in [6.45, 7) is 2.09. The van der Waals surface area contributed by atoms with Gasteiger partial charge in [-0.15, -0.1) is 0 Å². The van der Waals surface area contributed by atoms with E-state index in [2.05, 4.69) is 9.97 Å². The average molecular weight is 361 g/mol. The molecule has 2 aromatic heterocycles. The molecule has 0 fully saturated rings. The van der Waals surface area contributed by atoms with Crippen molar-refractivity contribution in [2.75, 3.05) is 6.54 Å². The maximum Gasteiger partial charge on any atom is 0.249 e. The maximum absolute atomic E-state index is 14.5. The van der Waals surface area contributed by atoms with Crippen molar-refractivity contribution < 1.29 is 13.2 Å². The van der Waals surface area contributed by atoms with Crippen LogP contribution in [0.4, 0.5) is 4.39 Å². The topological polar surface area (TPSA) is 86.3 Å². The second-order valence-electron chi connectivity index (χ2n) is 5.44. The average Bonchev–Trinajstić information content (AvgIpc) is 2.59. The van der Waals surface area contributed by atoms with Gasteiger partial charge in [0.25, 0.3) is 0 Å². The number of aromatic nitrogens is 2. The van der Waals surface area contributed by atoms with Gasteiger partial charge in [-0.05, 0) is 29.3 Å².